The second kappa shape index (κ2) is 7.09. The van der Waals surface area contributed by atoms with Crippen LogP contribution in [-0.2, 0) is 0 Å². The van der Waals surface area contributed by atoms with Gasteiger partial charge in [0.05, 0.1) is 24.6 Å². The number of nitrogens with zero attached hydrogens (tertiary/aromatic N) is 2. The molecule has 0 aliphatic rings. The smallest absolute Gasteiger partial charge is 0.0837 e. The van der Waals surface area contributed by atoms with E-state index in [-0.39, 0.29) is 6.61 Å². The van der Waals surface area contributed by atoms with Gasteiger partial charge in [-0.2, -0.15) is 0 Å². The van der Waals surface area contributed by atoms with E-state index < -0.39 is 0 Å². The fourth-order valence-electron chi connectivity index (χ4n) is 1.16. The molecule has 0 bridgehead atoms. The molecule has 0 spiro atoms. The minimum absolute atomic E-state index is 0.170. The highest BCUT2D eigenvalue weighted by molar-refractivity contribution is 5.96. The maximum Gasteiger partial charge on any atom is 0.0837 e. The number of pyridine rings is 1. The molecule has 0 radical (unpaired) electrons. The number of aliphatic hydroxyl groups excluding tert-OH is 1. The quantitative estimate of drug-likeness (QED) is 0.526. The molecule has 82 valence electrons. The van der Waals surface area contributed by atoms with Gasteiger partial charge in [0.15, 0.2) is 0 Å². The largest absolute Gasteiger partial charge is 0.395 e. The Balaban J connectivity index is 2.33. The lowest BCUT2D eigenvalue weighted by atomic mass is 10.2. The van der Waals surface area contributed by atoms with E-state index in [0.29, 0.717) is 13.1 Å². The standard InChI is InChI=1S/C11H17N3O/c1-10(11-4-2-3-5-14-11)13-7-6-12-8-9-15/h2-5,12,15H,6-9H2,1H3. The van der Waals surface area contributed by atoms with E-state index in [1.165, 1.54) is 0 Å². The van der Waals surface area contributed by atoms with Gasteiger partial charge in [0.1, 0.15) is 0 Å². The van der Waals surface area contributed by atoms with Crippen molar-refractivity contribution in [3.05, 3.63) is 30.1 Å². The summed E-state index contributed by atoms with van der Waals surface area (Å²) in [5.41, 5.74) is 1.86. The van der Waals surface area contributed by atoms with Crippen molar-refractivity contribution in [2.45, 2.75) is 6.92 Å². The molecule has 1 aromatic rings. The van der Waals surface area contributed by atoms with Crippen molar-refractivity contribution in [3.63, 3.8) is 0 Å². The number of rotatable bonds is 6. The van der Waals surface area contributed by atoms with E-state index >= 15 is 0 Å². The highest BCUT2D eigenvalue weighted by Gasteiger charge is 1.95. The van der Waals surface area contributed by atoms with Gasteiger partial charge in [-0.05, 0) is 19.1 Å². The molecule has 2 N–H and O–H groups in total. The molecule has 4 heteroatoms. The van der Waals surface area contributed by atoms with Crippen LogP contribution < -0.4 is 5.32 Å². The Kier molecular flexibility index (Phi) is 5.58. The van der Waals surface area contributed by atoms with E-state index in [1.807, 2.05) is 25.1 Å². The number of hydrogen-bond donors (Lipinski definition) is 2. The molecule has 0 unspecified atom stereocenters. The molecule has 0 fully saturated rings. The van der Waals surface area contributed by atoms with E-state index in [1.54, 1.807) is 6.20 Å². The number of aliphatic imine (C=N–C) groups is 1. The van der Waals surface area contributed by atoms with Gasteiger partial charge >= 0.3 is 0 Å². The van der Waals surface area contributed by atoms with Gasteiger partial charge in [0, 0.05) is 19.3 Å². The van der Waals surface area contributed by atoms with Gasteiger partial charge < -0.3 is 10.4 Å². The van der Waals surface area contributed by atoms with Crippen LogP contribution in [0.25, 0.3) is 0 Å². The Morgan fingerprint density at radius 2 is 2.33 bits per heavy atom. The molecule has 0 atom stereocenters. The van der Waals surface area contributed by atoms with E-state index in [9.17, 15) is 0 Å². The molecule has 0 saturated heterocycles. The first-order chi connectivity index (χ1) is 7.34. The Hall–Kier alpha value is -1.26. The van der Waals surface area contributed by atoms with Crippen LogP contribution >= 0.6 is 0 Å². The number of aliphatic hydroxyl groups is 1. The summed E-state index contributed by atoms with van der Waals surface area (Å²) in [4.78, 5) is 8.58. The minimum Gasteiger partial charge on any atom is -0.395 e. The molecule has 15 heavy (non-hydrogen) atoms. The van der Waals surface area contributed by atoms with Gasteiger partial charge in [-0.1, -0.05) is 6.07 Å². The van der Waals surface area contributed by atoms with Crippen molar-refractivity contribution in [1.29, 1.82) is 0 Å². The zero-order chi connectivity index (χ0) is 10.9. The SMILES string of the molecule is CC(=NCCNCCO)c1ccccn1. The lowest BCUT2D eigenvalue weighted by molar-refractivity contribution is 0.293. The Morgan fingerprint density at radius 1 is 1.47 bits per heavy atom. The lowest BCUT2D eigenvalue weighted by Gasteiger charge is -2.01. The van der Waals surface area contributed by atoms with Crippen molar-refractivity contribution in [1.82, 2.24) is 10.3 Å². The topological polar surface area (TPSA) is 57.5 Å². The van der Waals surface area contributed by atoms with Gasteiger partial charge in [0.25, 0.3) is 0 Å². The fraction of sp³-hybridized carbons (Fsp3) is 0.455. The van der Waals surface area contributed by atoms with E-state index in [2.05, 4.69) is 15.3 Å². The van der Waals surface area contributed by atoms with E-state index in [0.717, 1.165) is 18.0 Å². The molecule has 4 nitrogen and oxygen atoms in total. The van der Waals surface area contributed by atoms with Crippen molar-refractivity contribution in [2.75, 3.05) is 26.2 Å². The average molecular weight is 207 g/mol. The molecule has 0 aliphatic heterocycles. The third-order valence-corrected chi connectivity index (χ3v) is 1.96. The van der Waals surface area contributed by atoms with Crippen LogP contribution in [0.4, 0.5) is 0 Å². The van der Waals surface area contributed by atoms with Gasteiger partial charge in [-0.25, -0.2) is 0 Å². The van der Waals surface area contributed by atoms with Crippen LogP contribution in [0, 0.1) is 0 Å². The predicted molar refractivity (Wildman–Crippen MR) is 61.3 cm³/mol. The molecule has 0 amide bonds. The Bertz CT molecular complexity index is 298. The van der Waals surface area contributed by atoms with Gasteiger partial charge in [-0.3, -0.25) is 9.98 Å². The van der Waals surface area contributed by atoms with Gasteiger partial charge in [-0.15, -0.1) is 0 Å². The first-order valence-corrected chi connectivity index (χ1v) is 5.08. The summed E-state index contributed by atoms with van der Waals surface area (Å²) in [6.45, 7) is 4.24. The van der Waals surface area contributed by atoms with Crippen LogP contribution in [0.5, 0.6) is 0 Å². The molecular weight excluding hydrogens is 190 g/mol. The first kappa shape index (κ1) is 11.8. The van der Waals surface area contributed by atoms with Crippen molar-refractivity contribution in [2.24, 2.45) is 4.99 Å². The summed E-state index contributed by atoms with van der Waals surface area (Å²) >= 11 is 0. The summed E-state index contributed by atoms with van der Waals surface area (Å²) in [6, 6.07) is 5.78. The number of hydrogen-bond acceptors (Lipinski definition) is 4. The summed E-state index contributed by atoms with van der Waals surface area (Å²) in [5, 5.41) is 11.6. The minimum atomic E-state index is 0.170. The normalized spacial score (nSPS) is 11.7. The summed E-state index contributed by atoms with van der Waals surface area (Å²) in [5.74, 6) is 0. The van der Waals surface area contributed by atoms with Crippen LogP contribution in [0.2, 0.25) is 0 Å². The monoisotopic (exact) mass is 207 g/mol. The fourth-order valence-corrected chi connectivity index (χ4v) is 1.16. The summed E-state index contributed by atoms with van der Waals surface area (Å²) in [7, 11) is 0. The Labute approximate surface area is 90.1 Å². The van der Waals surface area contributed by atoms with Crippen LogP contribution in [0.3, 0.4) is 0 Å². The molecular formula is C11H17N3O. The highest BCUT2D eigenvalue weighted by Crippen LogP contribution is 1.95. The second-order valence-electron chi connectivity index (χ2n) is 3.16. The zero-order valence-corrected chi connectivity index (χ0v) is 8.98. The maximum atomic E-state index is 8.54. The van der Waals surface area contributed by atoms with E-state index in [4.69, 9.17) is 5.11 Å². The molecule has 1 aromatic heterocycles. The summed E-state index contributed by atoms with van der Waals surface area (Å²) < 4.78 is 0. The van der Waals surface area contributed by atoms with Crippen LogP contribution in [0.15, 0.2) is 29.4 Å². The molecule has 0 aromatic carbocycles. The number of aromatic nitrogens is 1. The highest BCUT2D eigenvalue weighted by atomic mass is 16.3. The Morgan fingerprint density at radius 3 is 3.00 bits per heavy atom. The molecule has 1 rings (SSSR count). The van der Waals surface area contributed by atoms with Crippen LogP contribution in [-0.4, -0.2) is 42.0 Å². The molecule has 1 heterocycles. The van der Waals surface area contributed by atoms with Gasteiger partial charge in [0.2, 0.25) is 0 Å². The zero-order valence-electron chi connectivity index (χ0n) is 8.98. The number of nitrogens with one attached hydrogen (secondary N) is 1. The van der Waals surface area contributed by atoms with Crippen molar-refractivity contribution >= 4 is 5.71 Å². The first-order valence-electron chi connectivity index (χ1n) is 5.08. The predicted octanol–water partition coefficient (Wildman–Crippen LogP) is 0.472. The van der Waals surface area contributed by atoms with Crippen molar-refractivity contribution in [3.8, 4) is 0 Å². The molecule has 0 saturated carbocycles. The van der Waals surface area contributed by atoms with Crippen molar-refractivity contribution < 1.29 is 5.11 Å². The average Bonchev–Trinajstić information content (AvgIpc) is 2.30. The summed E-state index contributed by atoms with van der Waals surface area (Å²) in [6.07, 6.45) is 1.76. The lowest BCUT2D eigenvalue weighted by Crippen LogP contribution is -2.21. The van der Waals surface area contributed by atoms with Crippen LogP contribution in [0.1, 0.15) is 12.6 Å². The molecule has 0 aliphatic carbocycles. The second-order valence-corrected chi connectivity index (χ2v) is 3.16. The third-order valence-electron chi connectivity index (χ3n) is 1.96. The maximum absolute atomic E-state index is 8.54. The third kappa shape index (κ3) is 4.67.